The molecule has 1 heterocycles. The summed E-state index contributed by atoms with van der Waals surface area (Å²) in [4.78, 5) is 4.43. The summed E-state index contributed by atoms with van der Waals surface area (Å²) in [6, 6.07) is 6.71. The molecular formula is C15H21N3O2. The third-order valence-corrected chi connectivity index (χ3v) is 3.06. The van der Waals surface area contributed by atoms with Gasteiger partial charge in [0.1, 0.15) is 5.75 Å². The fraction of sp³-hybridized carbons (Fsp3) is 0.467. The third-order valence-electron chi connectivity index (χ3n) is 3.06. The Morgan fingerprint density at radius 2 is 1.90 bits per heavy atom. The van der Waals surface area contributed by atoms with Crippen molar-refractivity contribution in [2.75, 3.05) is 6.54 Å². The van der Waals surface area contributed by atoms with Crippen LogP contribution in [0.15, 0.2) is 28.8 Å². The van der Waals surface area contributed by atoms with E-state index in [1.807, 2.05) is 0 Å². The zero-order valence-electron chi connectivity index (χ0n) is 12.1. The van der Waals surface area contributed by atoms with Crippen LogP contribution in [-0.4, -0.2) is 21.8 Å². The molecule has 1 aromatic carbocycles. The van der Waals surface area contributed by atoms with Gasteiger partial charge in [0, 0.05) is 12.1 Å². The first kappa shape index (κ1) is 14.5. The molecule has 0 aliphatic carbocycles. The maximum Gasteiger partial charge on any atom is 0.231 e. The minimum absolute atomic E-state index is 0.0633. The van der Waals surface area contributed by atoms with Gasteiger partial charge in [0.05, 0.1) is 5.92 Å². The topological polar surface area (TPSA) is 85.2 Å². The molecule has 0 radical (unpaired) electrons. The van der Waals surface area contributed by atoms with Crippen LogP contribution in [-0.2, 0) is 0 Å². The maximum absolute atomic E-state index is 9.28. The molecule has 1 aromatic heterocycles. The zero-order valence-corrected chi connectivity index (χ0v) is 12.1. The molecular weight excluding hydrogens is 254 g/mol. The Balaban J connectivity index is 2.21. The standard InChI is InChI=1S/C15H21N3O2/c1-15(2,3)8-11(9-16)14-17-13(18-20-14)10-4-6-12(19)7-5-10/h4-7,11,19H,8-9,16H2,1-3H3. The molecule has 0 fully saturated rings. The number of hydrogen-bond acceptors (Lipinski definition) is 5. The second-order valence-electron chi connectivity index (χ2n) is 6.20. The summed E-state index contributed by atoms with van der Waals surface area (Å²) in [7, 11) is 0. The van der Waals surface area contributed by atoms with Gasteiger partial charge >= 0.3 is 0 Å². The quantitative estimate of drug-likeness (QED) is 0.896. The van der Waals surface area contributed by atoms with E-state index in [0.717, 1.165) is 12.0 Å². The number of nitrogens with zero attached hydrogens (tertiary/aromatic N) is 2. The van der Waals surface area contributed by atoms with Gasteiger partial charge in [-0.15, -0.1) is 0 Å². The molecule has 5 heteroatoms. The number of aromatic nitrogens is 2. The van der Waals surface area contributed by atoms with Crippen LogP contribution in [0.1, 0.15) is 39.0 Å². The average Bonchev–Trinajstić information content (AvgIpc) is 2.85. The van der Waals surface area contributed by atoms with Crippen molar-refractivity contribution >= 4 is 0 Å². The molecule has 108 valence electrons. The van der Waals surface area contributed by atoms with Crippen molar-refractivity contribution in [3.63, 3.8) is 0 Å². The summed E-state index contributed by atoms with van der Waals surface area (Å²) in [6.45, 7) is 6.96. The van der Waals surface area contributed by atoms with Crippen molar-refractivity contribution in [2.24, 2.45) is 11.1 Å². The van der Waals surface area contributed by atoms with Gasteiger partial charge in [-0.25, -0.2) is 0 Å². The summed E-state index contributed by atoms with van der Waals surface area (Å²) >= 11 is 0. The molecule has 0 saturated heterocycles. The van der Waals surface area contributed by atoms with Crippen LogP contribution >= 0.6 is 0 Å². The van der Waals surface area contributed by atoms with Crippen LogP contribution < -0.4 is 5.73 Å². The van der Waals surface area contributed by atoms with Crippen molar-refractivity contribution in [2.45, 2.75) is 33.1 Å². The number of rotatable bonds is 4. The number of nitrogens with two attached hydrogens (primary N) is 1. The minimum atomic E-state index is 0.0633. The number of hydrogen-bond donors (Lipinski definition) is 2. The van der Waals surface area contributed by atoms with Gasteiger partial charge in [0.2, 0.25) is 11.7 Å². The highest BCUT2D eigenvalue weighted by Crippen LogP contribution is 2.30. The lowest BCUT2D eigenvalue weighted by Gasteiger charge is -2.22. The van der Waals surface area contributed by atoms with Gasteiger partial charge in [0.25, 0.3) is 0 Å². The first-order valence-electron chi connectivity index (χ1n) is 6.72. The molecule has 2 rings (SSSR count). The van der Waals surface area contributed by atoms with E-state index in [-0.39, 0.29) is 17.1 Å². The molecule has 5 nitrogen and oxygen atoms in total. The minimum Gasteiger partial charge on any atom is -0.508 e. The SMILES string of the molecule is CC(C)(C)CC(CN)c1nc(-c2ccc(O)cc2)no1. The molecule has 0 spiro atoms. The molecule has 2 aromatic rings. The van der Waals surface area contributed by atoms with Crippen molar-refractivity contribution in [3.8, 4) is 17.1 Å². The molecule has 0 aliphatic rings. The first-order valence-corrected chi connectivity index (χ1v) is 6.72. The first-order chi connectivity index (χ1) is 9.39. The Bertz CT molecular complexity index is 555. The Morgan fingerprint density at radius 3 is 2.45 bits per heavy atom. The Kier molecular flexibility index (Phi) is 4.09. The zero-order chi connectivity index (χ0) is 14.8. The smallest absolute Gasteiger partial charge is 0.231 e. The van der Waals surface area contributed by atoms with Crippen LogP contribution in [0.3, 0.4) is 0 Å². The van der Waals surface area contributed by atoms with Crippen molar-refractivity contribution < 1.29 is 9.63 Å². The van der Waals surface area contributed by atoms with E-state index in [2.05, 4.69) is 30.9 Å². The fourth-order valence-corrected chi connectivity index (χ4v) is 2.14. The molecule has 3 N–H and O–H groups in total. The Morgan fingerprint density at radius 1 is 1.25 bits per heavy atom. The second kappa shape index (κ2) is 5.63. The molecule has 1 atom stereocenters. The lowest BCUT2D eigenvalue weighted by Crippen LogP contribution is -2.19. The Hall–Kier alpha value is -1.88. The van der Waals surface area contributed by atoms with E-state index in [9.17, 15) is 5.11 Å². The van der Waals surface area contributed by atoms with Crippen LogP contribution in [0, 0.1) is 5.41 Å². The van der Waals surface area contributed by atoms with E-state index in [4.69, 9.17) is 10.3 Å². The van der Waals surface area contributed by atoms with Gasteiger partial charge in [-0.3, -0.25) is 0 Å². The predicted molar refractivity (Wildman–Crippen MR) is 77.3 cm³/mol. The second-order valence-corrected chi connectivity index (χ2v) is 6.20. The number of benzene rings is 1. The highest BCUT2D eigenvalue weighted by molar-refractivity contribution is 5.55. The lowest BCUT2D eigenvalue weighted by atomic mass is 9.84. The summed E-state index contributed by atoms with van der Waals surface area (Å²) in [5, 5.41) is 13.3. The number of aromatic hydroxyl groups is 1. The highest BCUT2D eigenvalue weighted by atomic mass is 16.5. The van der Waals surface area contributed by atoms with Crippen LogP contribution in [0.25, 0.3) is 11.4 Å². The third kappa shape index (κ3) is 3.57. The summed E-state index contributed by atoms with van der Waals surface area (Å²) in [5.41, 5.74) is 6.78. The molecule has 20 heavy (non-hydrogen) atoms. The van der Waals surface area contributed by atoms with E-state index in [1.54, 1.807) is 24.3 Å². The lowest BCUT2D eigenvalue weighted by molar-refractivity contribution is 0.287. The van der Waals surface area contributed by atoms with Gasteiger partial charge in [-0.2, -0.15) is 4.98 Å². The van der Waals surface area contributed by atoms with Gasteiger partial charge in [0.15, 0.2) is 0 Å². The molecule has 0 amide bonds. The van der Waals surface area contributed by atoms with E-state index < -0.39 is 0 Å². The Labute approximate surface area is 118 Å². The van der Waals surface area contributed by atoms with Gasteiger partial charge in [-0.05, 0) is 36.1 Å². The number of phenols is 1. The highest BCUT2D eigenvalue weighted by Gasteiger charge is 2.24. The average molecular weight is 275 g/mol. The predicted octanol–water partition coefficient (Wildman–Crippen LogP) is 2.92. The maximum atomic E-state index is 9.28. The summed E-state index contributed by atoms with van der Waals surface area (Å²) < 4.78 is 5.34. The summed E-state index contributed by atoms with van der Waals surface area (Å²) in [6.07, 6.45) is 0.890. The normalized spacial score (nSPS) is 13.4. The van der Waals surface area contributed by atoms with Crippen molar-refractivity contribution in [1.82, 2.24) is 10.1 Å². The summed E-state index contributed by atoms with van der Waals surface area (Å²) in [5.74, 6) is 1.37. The van der Waals surface area contributed by atoms with E-state index >= 15 is 0 Å². The monoisotopic (exact) mass is 275 g/mol. The van der Waals surface area contributed by atoms with Gasteiger partial charge < -0.3 is 15.4 Å². The number of phenolic OH excluding ortho intramolecular Hbond substituents is 1. The molecule has 0 bridgehead atoms. The van der Waals surface area contributed by atoms with Gasteiger partial charge in [-0.1, -0.05) is 25.9 Å². The van der Waals surface area contributed by atoms with Crippen LogP contribution in [0.5, 0.6) is 5.75 Å². The van der Waals surface area contributed by atoms with Crippen molar-refractivity contribution in [1.29, 1.82) is 0 Å². The van der Waals surface area contributed by atoms with E-state index in [0.29, 0.717) is 18.3 Å². The fourth-order valence-electron chi connectivity index (χ4n) is 2.14. The van der Waals surface area contributed by atoms with Crippen LogP contribution in [0.4, 0.5) is 0 Å². The molecule has 0 aliphatic heterocycles. The van der Waals surface area contributed by atoms with E-state index in [1.165, 1.54) is 0 Å². The van der Waals surface area contributed by atoms with Crippen LogP contribution in [0.2, 0.25) is 0 Å². The largest absolute Gasteiger partial charge is 0.508 e. The van der Waals surface area contributed by atoms with Crippen molar-refractivity contribution in [3.05, 3.63) is 30.2 Å². The molecule has 0 saturated carbocycles. The molecule has 1 unspecified atom stereocenters.